The molecule has 0 spiro atoms. The SMILES string of the molecule is CCN1CCC(CN2C(=O)C(CC(C)C)NC2C)C1. The van der Waals surface area contributed by atoms with Crippen LogP contribution < -0.4 is 5.32 Å². The average Bonchev–Trinajstić information content (AvgIpc) is 2.90. The molecule has 1 N–H and O–H groups in total. The van der Waals surface area contributed by atoms with E-state index in [4.69, 9.17) is 0 Å². The Morgan fingerprint density at radius 1 is 1.42 bits per heavy atom. The van der Waals surface area contributed by atoms with E-state index in [1.54, 1.807) is 0 Å². The molecule has 110 valence electrons. The van der Waals surface area contributed by atoms with Crippen LogP contribution in [-0.2, 0) is 4.79 Å². The zero-order chi connectivity index (χ0) is 14.0. The van der Waals surface area contributed by atoms with E-state index >= 15 is 0 Å². The van der Waals surface area contributed by atoms with Gasteiger partial charge in [-0.05, 0) is 44.7 Å². The van der Waals surface area contributed by atoms with Crippen molar-refractivity contribution in [2.45, 2.75) is 52.7 Å². The molecule has 0 aromatic heterocycles. The molecule has 1 amide bonds. The van der Waals surface area contributed by atoms with E-state index in [9.17, 15) is 4.79 Å². The summed E-state index contributed by atoms with van der Waals surface area (Å²) in [6.45, 7) is 13.1. The number of carbonyl (C=O) groups is 1. The van der Waals surface area contributed by atoms with Gasteiger partial charge in [0, 0.05) is 13.1 Å². The summed E-state index contributed by atoms with van der Waals surface area (Å²) in [5.74, 6) is 1.54. The van der Waals surface area contributed by atoms with Crippen LogP contribution in [0.5, 0.6) is 0 Å². The van der Waals surface area contributed by atoms with Gasteiger partial charge in [-0.2, -0.15) is 0 Å². The van der Waals surface area contributed by atoms with Crippen LogP contribution in [0, 0.1) is 11.8 Å². The highest BCUT2D eigenvalue weighted by Crippen LogP contribution is 2.22. The van der Waals surface area contributed by atoms with E-state index < -0.39 is 0 Å². The second-order valence-electron chi connectivity index (χ2n) is 6.56. The molecule has 19 heavy (non-hydrogen) atoms. The minimum atomic E-state index is 0.0404. The first kappa shape index (κ1) is 14.8. The van der Waals surface area contributed by atoms with Crippen molar-refractivity contribution < 1.29 is 4.79 Å². The summed E-state index contributed by atoms with van der Waals surface area (Å²) in [5.41, 5.74) is 0. The Balaban J connectivity index is 1.88. The van der Waals surface area contributed by atoms with E-state index in [0.29, 0.717) is 17.7 Å². The second kappa shape index (κ2) is 6.23. The third-order valence-electron chi connectivity index (χ3n) is 4.47. The van der Waals surface area contributed by atoms with Gasteiger partial charge in [0.25, 0.3) is 0 Å². The standard InChI is InChI=1S/C15H29N3O/c1-5-17-7-6-13(9-17)10-18-12(4)16-14(15(18)19)8-11(2)3/h11-14,16H,5-10H2,1-4H3. The van der Waals surface area contributed by atoms with Crippen LogP contribution in [0.1, 0.15) is 40.5 Å². The summed E-state index contributed by atoms with van der Waals surface area (Å²) in [6.07, 6.45) is 2.39. The van der Waals surface area contributed by atoms with Gasteiger partial charge in [0.05, 0.1) is 12.2 Å². The minimum Gasteiger partial charge on any atom is -0.326 e. The highest BCUT2D eigenvalue weighted by atomic mass is 16.2. The Morgan fingerprint density at radius 2 is 2.16 bits per heavy atom. The van der Waals surface area contributed by atoms with Gasteiger partial charge in [-0.15, -0.1) is 0 Å². The molecule has 2 fully saturated rings. The molecule has 2 saturated heterocycles. The van der Waals surface area contributed by atoms with Crippen molar-refractivity contribution in [3.63, 3.8) is 0 Å². The lowest BCUT2D eigenvalue weighted by Crippen LogP contribution is -2.39. The molecule has 3 unspecified atom stereocenters. The van der Waals surface area contributed by atoms with Crippen LogP contribution >= 0.6 is 0 Å². The van der Waals surface area contributed by atoms with Gasteiger partial charge in [0.2, 0.25) is 5.91 Å². The van der Waals surface area contributed by atoms with Crippen molar-refractivity contribution in [1.29, 1.82) is 0 Å². The highest BCUT2D eigenvalue weighted by Gasteiger charge is 2.38. The van der Waals surface area contributed by atoms with Gasteiger partial charge in [-0.3, -0.25) is 10.1 Å². The molecule has 2 aliphatic rings. The van der Waals surface area contributed by atoms with E-state index in [1.165, 1.54) is 13.0 Å². The smallest absolute Gasteiger partial charge is 0.241 e. The Kier molecular flexibility index (Phi) is 4.85. The van der Waals surface area contributed by atoms with Gasteiger partial charge in [0.15, 0.2) is 0 Å². The number of rotatable bonds is 5. The number of carbonyl (C=O) groups excluding carboxylic acids is 1. The topological polar surface area (TPSA) is 35.6 Å². The molecule has 3 atom stereocenters. The fourth-order valence-electron chi connectivity index (χ4n) is 3.36. The molecule has 0 aromatic carbocycles. The van der Waals surface area contributed by atoms with E-state index in [0.717, 1.165) is 26.1 Å². The number of amides is 1. The molecule has 0 saturated carbocycles. The van der Waals surface area contributed by atoms with Gasteiger partial charge >= 0.3 is 0 Å². The Morgan fingerprint density at radius 3 is 2.74 bits per heavy atom. The largest absolute Gasteiger partial charge is 0.326 e. The van der Waals surface area contributed by atoms with E-state index in [1.807, 2.05) is 0 Å². The van der Waals surface area contributed by atoms with Crippen molar-refractivity contribution >= 4 is 5.91 Å². The monoisotopic (exact) mass is 267 g/mol. The first-order valence-corrected chi connectivity index (χ1v) is 7.80. The third-order valence-corrected chi connectivity index (χ3v) is 4.47. The molecule has 4 nitrogen and oxygen atoms in total. The normalized spacial score (nSPS) is 32.8. The first-order chi connectivity index (χ1) is 9.01. The van der Waals surface area contributed by atoms with Crippen molar-refractivity contribution in [2.24, 2.45) is 11.8 Å². The summed E-state index contributed by atoms with van der Waals surface area (Å²) < 4.78 is 0. The van der Waals surface area contributed by atoms with E-state index in [2.05, 4.69) is 42.8 Å². The molecule has 0 bridgehead atoms. The molecule has 0 radical (unpaired) electrons. The van der Waals surface area contributed by atoms with Crippen molar-refractivity contribution in [2.75, 3.05) is 26.2 Å². The zero-order valence-corrected chi connectivity index (χ0v) is 12.9. The molecule has 2 heterocycles. The second-order valence-corrected chi connectivity index (χ2v) is 6.56. The van der Waals surface area contributed by atoms with Gasteiger partial charge in [-0.1, -0.05) is 20.8 Å². The summed E-state index contributed by atoms with van der Waals surface area (Å²) >= 11 is 0. The third kappa shape index (κ3) is 3.48. The Labute approximate surface area is 117 Å². The molecular weight excluding hydrogens is 238 g/mol. The summed E-state index contributed by atoms with van der Waals surface area (Å²) in [4.78, 5) is 17.0. The fourth-order valence-corrected chi connectivity index (χ4v) is 3.36. The van der Waals surface area contributed by atoms with Crippen LogP contribution in [0.25, 0.3) is 0 Å². The molecule has 0 aliphatic carbocycles. The lowest BCUT2D eigenvalue weighted by Gasteiger charge is -2.24. The van der Waals surface area contributed by atoms with Gasteiger partial charge < -0.3 is 9.80 Å². The summed E-state index contributed by atoms with van der Waals surface area (Å²) in [6, 6.07) is 0.0404. The molecule has 2 aliphatic heterocycles. The van der Waals surface area contributed by atoms with Crippen LogP contribution in [0.3, 0.4) is 0 Å². The van der Waals surface area contributed by atoms with Crippen LogP contribution in [0.15, 0.2) is 0 Å². The lowest BCUT2D eigenvalue weighted by atomic mass is 10.0. The van der Waals surface area contributed by atoms with E-state index in [-0.39, 0.29) is 12.2 Å². The predicted octanol–water partition coefficient (Wildman–Crippen LogP) is 1.52. The number of hydrogen-bond donors (Lipinski definition) is 1. The summed E-state index contributed by atoms with van der Waals surface area (Å²) in [7, 11) is 0. The molecular formula is C15H29N3O. The number of nitrogens with zero attached hydrogens (tertiary/aromatic N) is 2. The van der Waals surface area contributed by atoms with Crippen LogP contribution in [0.4, 0.5) is 0 Å². The first-order valence-electron chi connectivity index (χ1n) is 7.80. The minimum absolute atomic E-state index is 0.0404. The van der Waals surface area contributed by atoms with Crippen molar-refractivity contribution in [3.8, 4) is 0 Å². The fraction of sp³-hybridized carbons (Fsp3) is 0.933. The number of likely N-dealkylation sites (tertiary alicyclic amines) is 1. The van der Waals surface area contributed by atoms with Gasteiger partial charge in [-0.25, -0.2) is 0 Å². The predicted molar refractivity (Wildman–Crippen MR) is 77.8 cm³/mol. The molecule has 4 heteroatoms. The van der Waals surface area contributed by atoms with Gasteiger partial charge in [0.1, 0.15) is 0 Å². The number of nitrogens with one attached hydrogen (secondary N) is 1. The lowest BCUT2D eigenvalue weighted by molar-refractivity contribution is -0.130. The quantitative estimate of drug-likeness (QED) is 0.820. The maximum atomic E-state index is 12.4. The maximum absolute atomic E-state index is 12.4. The van der Waals surface area contributed by atoms with Crippen LogP contribution in [-0.4, -0.2) is 54.1 Å². The summed E-state index contributed by atoms with van der Waals surface area (Å²) in [5, 5.41) is 3.45. The Hall–Kier alpha value is -0.610. The van der Waals surface area contributed by atoms with Crippen LogP contribution in [0.2, 0.25) is 0 Å². The molecule has 0 aromatic rings. The zero-order valence-electron chi connectivity index (χ0n) is 12.9. The molecule has 2 rings (SSSR count). The highest BCUT2D eigenvalue weighted by molar-refractivity contribution is 5.84. The van der Waals surface area contributed by atoms with Crippen molar-refractivity contribution in [1.82, 2.24) is 15.1 Å². The maximum Gasteiger partial charge on any atom is 0.241 e. The Bertz CT molecular complexity index is 319. The average molecular weight is 267 g/mol. The van der Waals surface area contributed by atoms with Crippen molar-refractivity contribution in [3.05, 3.63) is 0 Å². The number of hydrogen-bond acceptors (Lipinski definition) is 3.